The summed E-state index contributed by atoms with van der Waals surface area (Å²) in [7, 11) is 0. The summed E-state index contributed by atoms with van der Waals surface area (Å²) >= 11 is 0. The van der Waals surface area contributed by atoms with Crippen molar-refractivity contribution in [1.82, 2.24) is 10.6 Å². The number of rotatable bonds is 6. The lowest BCUT2D eigenvalue weighted by Gasteiger charge is -2.29. The van der Waals surface area contributed by atoms with Crippen LogP contribution in [0.2, 0.25) is 0 Å². The van der Waals surface area contributed by atoms with E-state index in [-0.39, 0.29) is 11.4 Å². The average Bonchev–Trinajstić information content (AvgIpc) is 2.85. The molecular formula is C14H26N2O3. The summed E-state index contributed by atoms with van der Waals surface area (Å²) in [5.74, 6) is -1.00. The molecule has 0 bridgehead atoms. The number of amides is 2. The smallest absolute Gasteiger partial charge is 0.329 e. The van der Waals surface area contributed by atoms with Gasteiger partial charge in [-0.25, -0.2) is 9.59 Å². The summed E-state index contributed by atoms with van der Waals surface area (Å²) < 4.78 is 0. The van der Waals surface area contributed by atoms with E-state index in [9.17, 15) is 9.59 Å². The third kappa shape index (κ3) is 3.85. The molecule has 2 amide bonds. The normalized spacial score (nSPS) is 20.6. The maximum absolute atomic E-state index is 11.9. The number of urea groups is 1. The molecule has 0 aromatic carbocycles. The molecule has 1 aliphatic rings. The van der Waals surface area contributed by atoms with Crippen molar-refractivity contribution in [2.45, 2.75) is 64.8 Å². The van der Waals surface area contributed by atoms with Gasteiger partial charge in [0.25, 0.3) is 0 Å². The number of hydrogen-bond acceptors (Lipinski definition) is 2. The van der Waals surface area contributed by atoms with Crippen LogP contribution >= 0.6 is 0 Å². The molecule has 1 aliphatic carbocycles. The molecule has 5 nitrogen and oxygen atoms in total. The lowest BCUT2D eigenvalue weighted by atomic mass is 9.83. The third-order valence-corrected chi connectivity index (χ3v) is 4.61. The second-order valence-electron chi connectivity index (χ2n) is 5.86. The quantitative estimate of drug-likeness (QED) is 0.694. The highest BCUT2D eigenvalue weighted by atomic mass is 16.4. The maximum Gasteiger partial charge on any atom is 0.329 e. The average molecular weight is 270 g/mol. The monoisotopic (exact) mass is 270 g/mol. The molecule has 1 fully saturated rings. The van der Waals surface area contributed by atoms with E-state index in [1.54, 1.807) is 6.92 Å². The molecule has 19 heavy (non-hydrogen) atoms. The molecule has 1 unspecified atom stereocenters. The predicted molar refractivity (Wildman–Crippen MR) is 74.1 cm³/mol. The lowest BCUT2D eigenvalue weighted by Crippen LogP contribution is -2.55. The van der Waals surface area contributed by atoms with Gasteiger partial charge in [-0.1, -0.05) is 26.7 Å². The Morgan fingerprint density at radius 2 is 1.84 bits per heavy atom. The summed E-state index contributed by atoms with van der Waals surface area (Å²) in [6, 6.07) is -0.383. The Morgan fingerprint density at radius 3 is 2.26 bits per heavy atom. The zero-order chi connectivity index (χ0) is 14.5. The van der Waals surface area contributed by atoms with Crippen molar-refractivity contribution in [3.63, 3.8) is 0 Å². The van der Waals surface area contributed by atoms with E-state index in [2.05, 4.69) is 17.6 Å². The molecule has 0 aromatic heterocycles. The first-order chi connectivity index (χ1) is 8.87. The number of carboxylic acid groups (broad SMARTS) is 1. The topological polar surface area (TPSA) is 78.4 Å². The summed E-state index contributed by atoms with van der Waals surface area (Å²) in [6.07, 6.45) is 6.14. The molecule has 1 rings (SSSR count). The van der Waals surface area contributed by atoms with Crippen LogP contribution in [0.1, 0.15) is 59.3 Å². The molecule has 0 radical (unpaired) electrons. The number of hydrogen-bond donors (Lipinski definition) is 3. The number of nitrogens with one attached hydrogen (secondary N) is 2. The van der Waals surface area contributed by atoms with Gasteiger partial charge in [-0.2, -0.15) is 0 Å². The van der Waals surface area contributed by atoms with E-state index >= 15 is 0 Å². The van der Waals surface area contributed by atoms with Crippen LogP contribution in [0.25, 0.3) is 0 Å². The molecule has 0 heterocycles. The van der Waals surface area contributed by atoms with E-state index in [1.807, 2.05) is 0 Å². The highest BCUT2D eigenvalue weighted by Gasteiger charge is 2.35. The third-order valence-electron chi connectivity index (χ3n) is 4.61. The van der Waals surface area contributed by atoms with E-state index in [4.69, 9.17) is 5.11 Å². The van der Waals surface area contributed by atoms with E-state index in [0.717, 1.165) is 19.3 Å². The zero-order valence-electron chi connectivity index (χ0n) is 12.2. The molecule has 1 saturated carbocycles. The van der Waals surface area contributed by atoms with Crippen molar-refractivity contribution in [3.05, 3.63) is 0 Å². The molecule has 0 saturated heterocycles. The van der Waals surface area contributed by atoms with Crippen LogP contribution in [0.3, 0.4) is 0 Å². The van der Waals surface area contributed by atoms with E-state index in [0.29, 0.717) is 13.0 Å². The van der Waals surface area contributed by atoms with Crippen molar-refractivity contribution in [3.8, 4) is 0 Å². The van der Waals surface area contributed by atoms with Gasteiger partial charge in [0.1, 0.15) is 5.54 Å². The predicted octanol–water partition coefficient (Wildman–Crippen LogP) is 2.51. The second kappa shape index (κ2) is 6.26. The lowest BCUT2D eigenvalue weighted by molar-refractivity contribution is -0.143. The van der Waals surface area contributed by atoms with Gasteiger partial charge in [0.05, 0.1) is 0 Å². The van der Waals surface area contributed by atoms with Gasteiger partial charge in [-0.3, -0.25) is 0 Å². The largest absolute Gasteiger partial charge is 0.480 e. The van der Waals surface area contributed by atoms with Gasteiger partial charge in [0.2, 0.25) is 0 Å². The van der Waals surface area contributed by atoms with Crippen molar-refractivity contribution in [1.29, 1.82) is 0 Å². The van der Waals surface area contributed by atoms with Gasteiger partial charge in [0.15, 0.2) is 0 Å². The maximum atomic E-state index is 11.9. The Morgan fingerprint density at radius 1 is 1.26 bits per heavy atom. The number of carbonyl (C=O) groups excluding carboxylic acids is 1. The van der Waals surface area contributed by atoms with E-state index in [1.165, 1.54) is 19.8 Å². The Kier molecular flexibility index (Phi) is 5.20. The highest BCUT2D eigenvalue weighted by Crippen LogP contribution is 2.40. The Balaban J connectivity index is 2.49. The van der Waals surface area contributed by atoms with Crippen molar-refractivity contribution >= 4 is 12.0 Å². The van der Waals surface area contributed by atoms with Crippen LogP contribution in [0.4, 0.5) is 4.79 Å². The van der Waals surface area contributed by atoms with Crippen LogP contribution in [-0.4, -0.2) is 29.2 Å². The van der Waals surface area contributed by atoms with Crippen LogP contribution < -0.4 is 10.6 Å². The first-order valence-corrected chi connectivity index (χ1v) is 7.17. The van der Waals surface area contributed by atoms with Crippen LogP contribution in [-0.2, 0) is 4.79 Å². The molecule has 0 aromatic rings. The van der Waals surface area contributed by atoms with Gasteiger partial charge < -0.3 is 15.7 Å². The van der Waals surface area contributed by atoms with E-state index < -0.39 is 11.5 Å². The Bertz CT molecular complexity index is 338. The summed E-state index contributed by atoms with van der Waals surface area (Å²) in [6.45, 7) is 6.06. The fourth-order valence-electron chi connectivity index (χ4n) is 2.64. The van der Waals surface area contributed by atoms with Crippen molar-refractivity contribution < 1.29 is 14.7 Å². The van der Waals surface area contributed by atoms with Crippen molar-refractivity contribution in [2.24, 2.45) is 5.41 Å². The molecule has 0 spiro atoms. The highest BCUT2D eigenvalue weighted by molar-refractivity contribution is 5.85. The van der Waals surface area contributed by atoms with Crippen LogP contribution in [0.5, 0.6) is 0 Å². The standard InChI is InChI=1S/C14H26N2O3/c1-4-13(3,11(17)18)16-12(19)15-10-14(5-2)8-6-7-9-14/h4-10H2,1-3H3,(H,17,18)(H2,15,16,19). The fraction of sp³-hybridized carbons (Fsp3) is 0.857. The minimum Gasteiger partial charge on any atom is -0.480 e. The van der Waals surface area contributed by atoms with Gasteiger partial charge >= 0.3 is 12.0 Å². The molecule has 5 heteroatoms. The first kappa shape index (κ1) is 15.8. The minimum atomic E-state index is -1.20. The summed E-state index contributed by atoms with van der Waals surface area (Å²) in [4.78, 5) is 23.0. The van der Waals surface area contributed by atoms with Gasteiger partial charge in [0, 0.05) is 6.54 Å². The summed E-state index contributed by atoms with van der Waals surface area (Å²) in [5, 5.41) is 14.5. The van der Waals surface area contributed by atoms with Gasteiger partial charge in [-0.15, -0.1) is 0 Å². The molecule has 0 aliphatic heterocycles. The summed E-state index contributed by atoms with van der Waals surface area (Å²) in [5.41, 5.74) is -0.984. The molecule has 110 valence electrons. The van der Waals surface area contributed by atoms with Crippen LogP contribution in [0.15, 0.2) is 0 Å². The Hall–Kier alpha value is -1.26. The van der Waals surface area contributed by atoms with Crippen LogP contribution in [0, 0.1) is 5.41 Å². The number of carboxylic acids is 1. The minimum absolute atomic E-state index is 0.211. The SMILES string of the molecule is CCC1(CNC(=O)NC(C)(CC)C(=O)O)CCCC1. The number of carbonyl (C=O) groups is 2. The molecular weight excluding hydrogens is 244 g/mol. The first-order valence-electron chi connectivity index (χ1n) is 7.17. The molecule has 1 atom stereocenters. The number of aliphatic carboxylic acids is 1. The zero-order valence-corrected chi connectivity index (χ0v) is 12.2. The Labute approximate surface area is 115 Å². The fourth-order valence-corrected chi connectivity index (χ4v) is 2.64. The van der Waals surface area contributed by atoms with Crippen molar-refractivity contribution in [2.75, 3.05) is 6.54 Å². The molecule has 3 N–H and O–H groups in total. The van der Waals surface area contributed by atoms with Gasteiger partial charge in [-0.05, 0) is 38.0 Å². The second-order valence-corrected chi connectivity index (χ2v) is 5.86.